The Morgan fingerprint density at radius 1 is 0.837 bits per heavy atom. The van der Waals surface area contributed by atoms with Crippen LogP contribution in [0.2, 0.25) is 5.02 Å². The Labute approximate surface area is 253 Å². The summed E-state index contributed by atoms with van der Waals surface area (Å²) in [7, 11) is 3.02. The quantitative estimate of drug-likeness (QED) is 0.264. The van der Waals surface area contributed by atoms with Crippen LogP contribution in [-0.2, 0) is 10.2 Å². The first-order valence-electron chi connectivity index (χ1n) is 13.9. The summed E-state index contributed by atoms with van der Waals surface area (Å²) < 4.78 is 10.9. The molecule has 4 aromatic carbocycles. The average molecular weight is 591 g/mol. The minimum absolute atomic E-state index is 0.279. The number of nitrogens with zero attached hydrogens (tertiary/aromatic N) is 1. The van der Waals surface area contributed by atoms with Crippen molar-refractivity contribution in [1.82, 2.24) is 4.90 Å². The SMILES string of the molecule is COc1ccc(C(=O)[C@@H]2[C@H](C(=O)c3ccc(Cl)cc3)N3C=Cc4ccccc4[C@@H]3[C@@]23C(=O)Nc2ccccc23)cc1OC. The predicted molar refractivity (Wildman–Crippen MR) is 164 cm³/mol. The molecule has 7 nitrogen and oxygen atoms in total. The Morgan fingerprint density at radius 3 is 2.30 bits per heavy atom. The summed E-state index contributed by atoms with van der Waals surface area (Å²) in [5.41, 5.74) is 2.40. The van der Waals surface area contributed by atoms with Crippen LogP contribution in [0, 0.1) is 5.92 Å². The molecule has 4 aromatic rings. The molecule has 1 amide bonds. The molecule has 8 heteroatoms. The number of benzene rings is 4. The van der Waals surface area contributed by atoms with E-state index in [9.17, 15) is 14.4 Å². The number of ether oxygens (including phenoxy) is 2. The number of carbonyl (C=O) groups is 3. The third kappa shape index (κ3) is 3.85. The number of halogens is 1. The maximum Gasteiger partial charge on any atom is 0.238 e. The summed E-state index contributed by atoms with van der Waals surface area (Å²) >= 11 is 6.17. The van der Waals surface area contributed by atoms with Gasteiger partial charge in [-0.3, -0.25) is 14.4 Å². The van der Waals surface area contributed by atoms with Gasteiger partial charge >= 0.3 is 0 Å². The zero-order valence-corrected chi connectivity index (χ0v) is 24.2. The summed E-state index contributed by atoms with van der Waals surface area (Å²) in [6.45, 7) is 0. The lowest BCUT2D eigenvalue weighted by molar-refractivity contribution is -0.122. The maximum atomic E-state index is 15.0. The van der Waals surface area contributed by atoms with Gasteiger partial charge in [-0.2, -0.15) is 0 Å². The number of amides is 1. The van der Waals surface area contributed by atoms with E-state index in [4.69, 9.17) is 21.1 Å². The lowest BCUT2D eigenvalue weighted by Gasteiger charge is -2.38. The van der Waals surface area contributed by atoms with E-state index in [1.165, 1.54) is 14.2 Å². The fourth-order valence-electron chi connectivity index (χ4n) is 7.12. The first-order valence-corrected chi connectivity index (χ1v) is 14.3. The molecule has 1 saturated heterocycles. The molecular formula is C35H27ClN2O5. The third-order valence-electron chi connectivity index (χ3n) is 8.92. The van der Waals surface area contributed by atoms with E-state index in [-0.39, 0.29) is 17.5 Å². The Kier molecular flexibility index (Phi) is 6.36. The van der Waals surface area contributed by atoms with E-state index in [1.54, 1.807) is 42.5 Å². The van der Waals surface area contributed by atoms with Gasteiger partial charge in [-0.15, -0.1) is 0 Å². The second-order valence-corrected chi connectivity index (χ2v) is 11.3. The molecule has 4 atom stereocenters. The summed E-state index contributed by atoms with van der Waals surface area (Å²) in [5.74, 6) is -1.20. The highest BCUT2D eigenvalue weighted by atomic mass is 35.5. The van der Waals surface area contributed by atoms with Gasteiger partial charge in [0.2, 0.25) is 5.91 Å². The summed E-state index contributed by atoms with van der Waals surface area (Å²) in [4.78, 5) is 46.1. The molecule has 7 rings (SSSR count). The van der Waals surface area contributed by atoms with Crippen LogP contribution in [0.5, 0.6) is 11.5 Å². The van der Waals surface area contributed by atoms with Gasteiger partial charge < -0.3 is 19.7 Å². The number of rotatable bonds is 6. The zero-order valence-electron chi connectivity index (χ0n) is 23.4. The molecule has 3 aliphatic heterocycles. The van der Waals surface area contributed by atoms with Gasteiger partial charge in [-0.1, -0.05) is 54.1 Å². The number of Topliss-reactive ketones (excluding diaryl/α,β-unsaturated/α-hetero) is 2. The largest absolute Gasteiger partial charge is 0.493 e. The van der Waals surface area contributed by atoms with E-state index >= 15 is 0 Å². The highest BCUT2D eigenvalue weighted by Crippen LogP contribution is 2.62. The lowest BCUT2D eigenvalue weighted by Crippen LogP contribution is -2.49. The Balaban J connectivity index is 1.52. The summed E-state index contributed by atoms with van der Waals surface area (Å²) in [6.07, 6.45) is 3.78. The smallest absolute Gasteiger partial charge is 0.238 e. The van der Waals surface area contributed by atoms with E-state index in [1.807, 2.05) is 65.7 Å². The summed E-state index contributed by atoms with van der Waals surface area (Å²) in [5, 5.41) is 3.55. The monoisotopic (exact) mass is 590 g/mol. The lowest BCUT2D eigenvalue weighted by atomic mass is 9.62. The van der Waals surface area contributed by atoms with Crippen molar-refractivity contribution in [3.8, 4) is 11.5 Å². The van der Waals surface area contributed by atoms with Crippen LogP contribution in [0.1, 0.15) is 43.4 Å². The first kappa shape index (κ1) is 27.0. The molecule has 1 fully saturated rings. The van der Waals surface area contributed by atoms with Gasteiger partial charge in [0.1, 0.15) is 11.5 Å². The van der Waals surface area contributed by atoms with Crippen molar-refractivity contribution >= 4 is 40.8 Å². The fraction of sp³-hybridized carbons (Fsp3) is 0.171. The van der Waals surface area contributed by atoms with Gasteiger partial charge in [0.25, 0.3) is 0 Å². The van der Waals surface area contributed by atoms with Gasteiger partial charge in [0, 0.05) is 28.0 Å². The van der Waals surface area contributed by atoms with Crippen LogP contribution in [0.4, 0.5) is 5.69 Å². The van der Waals surface area contributed by atoms with Crippen LogP contribution in [0.15, 0.2) is 97.2 Å². The highest BCUT2D eigenvalue weighted by molar-refractivity contribution is 6.30. The second kappa shape index (κ2) is 10.1. The maximum absolute atomic E-state index is 15.0. The molecule has 1 N–H and O–H groups in total. The van der Waals surface area contributed by atoms with Crippen molar-refractivity contribution in [1.29, 1.82) is 0 Å². The number of fused-ring (bicyclic) bond motifs is 6. The molecule has 0 bridgehead atoms. The van der Waals surface area contributed by atoms with E-state index in [0.717, 1.165) is 11.1 Å². The molecule has 0 radical (unpaired) electrons. The summed E-state index contributed by atoms with van der Waals surface area (Å²) in [6, 6.07) is 25.2. The molecule has 0 aliphatic carbocycles. The minimum atomic E-state index is -1.42. The molecule has 3 heterocycles. The van der Waals surface area contributed by atoms with Gasteiger partial charge in [0.05, 0.1) is 26.2 Å². The van der Waals surface area contributed by atoms with Crippen molar-refractivity contribution < 1.29 is 23.9 Å². The van der Waals surface area contributed by atoms with E-state index < -0.39 is 23.4 Å². The van der Waals surface area contributed by atoms with Crippen LogP contribution < -0.4 is 14.8 Å². The number of hydrogen-bond donors (Lipinski definition) is 1. The predicted octanol–water partition coefficient (Wildman–Crippen LogP) is 6.34. The molecule has 214 valence electrons. The molecule has 0 aromatic heterocycles. The number of nitrogens with one attached hydrogen (secondary N) is 1. The normalized spacial score (nSPS) is 22.9. The fourth-order valence-corrected chi connectivity index (χ4v) is 7.25. The molecular weight excluding hydrogens is 564 g/mol. The molecule has 1 spiro atoms. The van der Waals surface area contributed by atoms with Crippen LogP contribution in [-0.4, -0.2) is 42.6 Å². The van der Waals surface area contributed by atoms with Gasteiger partial charge in [-0.25, -0.2) is 0 Å². The number of para-hydroxylation sites is 1. The Bertz CT molecular complexity index is 1830. The minimum Gasteiger partial charge on any atom is -0.493 e. The second-order valence-electron chi connectivity index (χ2n) is 10.9. The van der Waals surface area contributed by atoms with Crippen LogP contribution in [0.25, 0.3) is 6.08 Å². The Morgan fingerprint density at radius 2 is 1.53 bits per heavy atom. The van der Waals surface area contributed by atoms with Crippen LogP contribution in [0.3, 0.4) is 0 Å². The molecule has 3 aliphatic rings. The number of ketones is 2. The third-order valence-corrected chi connectivity index (χ3v) is 9.17. The molecule has 43 heavy (non-hydrogen) atoms. The van der Waals surface area contributed by atoms with Crippen molar-refractivity contribution in [3.05, 3.63) is 130 Å². The molecule has 0 unspecified atom stereocenters. The topological polar surface area (TPSA) is 84.9 Å². The van der Waals surface area contributed by atoms with Crippen molar-refractivity contribution in [2.75, 3.05) is 19.5 Å². The van der Waals surface area contributed by atoms with E-state index in [2.05, 4.69) is 5.32 Å². The number of hydrogen-bond acceptors (Lipinski definition) is 6. The van der Waals surface area contributed by atoms with Crippen LogP contribution >= 0.6 is 11.6 Å². The van der Waals surface area contributed by atoms with Crippen molar-refractivity contribution in [2.45, 2.75) is 17.5 Å². The van der Waals surface area contributed by atoms with Crippen molar-refractivity contribution in [2.24, 2.45) is 5.92 Å². The van der Waals surface area contributed by atoms with E-state index in [0.29, 0.717) is 38.9 Å². The Hall–Kier alpha value is -4.88. The zero-order chi connectivity index (χ0) is 29.9. The standard InChI is InChI=1S/C35H27ClN2O5/c1-42-27-16-13-22(19-28(27)43-2)31(39)29-30(32(40)21-11-14-23(36)15-12-21)38-18-17-20-7-3-4-8-24(20)33(38)35(29)25-9-5-6-10-26(25)37-34(35)41/h3-19,29-30,33H,1-2H3,(H,37,41)/t29-,30+,33+,35-/m0/s1. The number of methoxy groups -OCH3 is 2. The van der Waals surface area contributed by atoms with Crippen molar-refractivity contribution in [3.63, 3.8) is 0 Å². The number of anilines is 1. The molecule has 0 saturated carbocycles. The highest BCUT2D eigenvalue weighted by Gasteiger charge is 2.70. The number of carbonyl (C=O) groups excluding carboxylic acids is 3. The average Bonchev–Trinajstić information content (AvgIpc) is 3.52. The van der Waals surface area contributed by atoms with Gasteiger partial charge in [0.15, 0.2) is 23.1 Å². The van der Waals surface area contributed by atoms with Gasteiger partial charge in [-0.05, 0) is 71.3 Å². The first-order chi connectivity index (χ1) is 20.9.